The number of benzene rings is 2. The number of amides is 1. The van der Waals surface area contributed by atoms with Crippen molar-refractivity contribution in [3.8, 4) is 11.5 Å². The Balaban J connectivity index is 1.69. The molecule has 0 aliphatic heterocycles. The number of hydrogen-bond acceptors (Lipinski definition) is 4. The lowest BCUT2D eigenvalue weighted by molar-refractivity contribution is -0.122. The molecular weight excluding hydrogens is 366 g/mol. The highest BCUT2D eigenvalue weighted by molar-refractivity contribution is 5.85. The monoisotopic (exact) mass is 395 g/mol. The van der Waals surface area contributed by atoms with Crippen molar-refractivity contribution in [1.29, 1.82) is 0 Å². The second-order valence-electron chi connectivity index (χ2n) is 8.45. The van der Waals surface area contributed by atoms with Gasteiger partial charge in [-0.1, -0.05) is 19.1 Å². The number of nitrogens with one attached hydrogen (secondary N) is 1. The number of Topliss-reactive ketones (excluding diaryl/α,β-unsaturated/α-hetero) is 1. The van der Waals surface area contributed by atoms with Crippen molar-refractivity contribution in [3.05, 3.63) is 53.6 Å². The van der Waals surface area contributed by atoms with Gasteiger partial charge in [0.2, 0.25) is 0 Å². The van der Waals surface area contributed by atoms with Gasteiger partial charge in [-0.15, -0.1) is 0 Å². The number of ether oxygens (including phenoxy) is 2. The SMILES string of the molecule is CCC(=O)C1CCc2ccc(Oc3cccc(NC(=O)OC(C)(C)C)c3)cc2C1. The molecule has 5 nitrogen and oxygen atoms in total. The molecular formula is C24H29NO4. The van der Waals surface area contributed by atoms with Crippen molar-refractivity contribution in [1.82, 2.24) is 0 Å². The van der Waals surface area contributed by atoms with Gasteiger partial charge in [-0.05, 0) is 75.4 Å². The first-order chi connectivity index (χ1) is 13.7. The largest absolute Gasteiger partial charge is 0.457 e. The van der Waals surface area contributed by atoms with Crippen molar-refractivity contribution in [2.45, 2.75) is 59.0 Å². The van der Waals surface area contributed by atoms with Gasteiger partial charge in [0.1, 0.15) is 22.9 Å². The topological polar surface area (TPSA) is 64.6 Å². The van der Waals surface area contributed by atoms with E-state index in [4.69, 9.17) is 9.47 Å². The van der Waals surface area contributed by atoms with Gasteiger partial charge < -0.3 is 9.47 Å². The van der Waals surface area contributed by atoms with E-state index >= 15 is 0 Å². The van der Waals surface area contributed by atoms with Crippen molar-refractivity contribution in [3.63, 3.8) is 0 Å². The number of rotatable bonds is 5. The van der Waals surface area contributed by atoms with Crippen LogP contribution < -0.4 is 10.1 Å². The highest BCUT2D eigenvalue weighted by atomic mass is 16.6. The van der Waals surface area contributed by atoms with Crippen molar-refractivity contribution in [2.24, 2.45) is 5.92 Å². The standard InChI is InChI=1S/C24H29NO4/c1-5-22(26)17-10-9-16-11-12-21(14-18(16)13-17)28-20-8-6-7-19(15-20)25-23(27)29-24(2,3)4/h6-8,11-12,14-15,17H,5,9-10,13H2,1-4H3,(H,25,27). The molecule has 1 N–H and O–H groups in total. The Morgan fingerprint density at radius 3 is 2.55 bits per heavy atom. The Morgan fingerprint density at radius 1 is 1.07 bits per heavy atom. The Kier molecular flexibility index (Phi) is 6.26. The van der Waals surface area contributed by atoms with Crippen LogP contribution >= 0.6 is 0 Å². The molecule has 0 aromatic heterocycles. The Labute approximate surface area is 172 Å². The predicted molar refractivity (Wildman–Crippen MR) is 114 cm³/mol. The first-order valence-corrected chi connectivity index (χ1v) is 10.2. The van der Waals surface area contributed by atoms with Gasteiger partial charge >= 0.3 is 6.09 Å². The average Bonchev–Trinajstić information content (AvgIpc) is 2.65. The highest BCUT2D eigenvalue weighted by Gasteiger charge is 2.23. The molecule has 29 heavy (non-hydrogen) atoms. The number of hydrogen-bond donors (Lipinski definition) is 1. The number of carbonyl (C=O) groups is 2. The Bertz CT molecular complexity index is 898. The first kappa shape index (κ1) is 20.9. The molecule has 1 aliphatic carbocycles. The van der Waals surface area contributed by atoms with E-state index in [9.17, 15) is 9.59 Å². The van der Waals surface area contributed by atoms with Gasteiger partial charge in [0, 0.05) is 24.1 Å². The molecule has 0 heterocycles. The maximum atomic E-state index is 12.1. The summed E-state index contributed by atoms with van der Waals surface area (Å²) in [5, 5.41) is 2.72. The highest BCUT2D eigenvalue weighted by Crippen LogP contribution is 2.32. The fraction of sp³-hybridized carbons (Fsp3) is 0.417. The Morgan fingerprint density at radius 2 is 1.83 bits per heavy atom. The minimum atomic E-state index is -0.557. The summed E-state index contributed by atoms with van der Waals surface area (Å²) in [6.07, 6.45) is 2.72. The second-order valence-corrected chi connectivity index (χ2v) is 8.45. The molecule has 0 fully saturated rings. The van der Waals surface area contributed by atoms with Crippen LogP contribution in [0.15, 0.2) is 42.5 Å². The van der Waals surface area contributed by atoms with Crippen LogP contribution in [0.4, 0.5) is 10.5 Å². The molecule has 2 aromatic carbocycles. The summed E-state index contributed by atoms with van der Waals surface area (Å²) in [7, 11) is 0. The molecule has 1 atom stereocenters. The van der Waals surface area contributed by atoms with Crippen LogP contribution in [0.3, 0.4) is 0 Å². The van der Waals surface area contributed by atoms with Gasteiger partial charge in [-0.25, -0.2) is 4.79 Å². The van der Waals surface area contributed by atoms with E-state index in [0.29, 0.717) is 23.6 Å². The predicted octanol–water partition coefficient (Wildman–Crippen LogP) is 5.91. The van der Waals surface area contributed by atoms with Crippen LogP contribution in [0.2, 0.25) is 0 Å². The van der Waals surface area contributed by atoms with Gasteiger partial charge in [0.25, 0.3) is 0 Å². The van der Waals surface area contributed by atoms with Gasteiger partial charge in [0.15, 0.2) is 0 Å². The maximum absolute atomic E-state index is 12.1. The zero-order valence-corrected chi connectivity index (χ0v) is 17.6. The van der Waals surface area contributed by atoms with Gasteiger partial charge in [0.05, 0.1) is 0 Å². The van der Waals surface area contributed by atoms with Crippen LogP contribution in [0.1, 0.15) is 51.7 Å². The lowest BCUT2D eigenvalue weighted by Gasteiger charge is -2.24. The van der Waals surface area contributed by atoms with Crippen LogP contribution in [0, 0.1) is 5.92 Å². The first-order valence-electron chi connectivity index (χ1n) is 10.2. The molecule has 0 spiro atoms. The summed E-state index contributed by atoms with van der Waals surface area (Å²) in [4.78, 5) is 24.1. The molecule has 3 rings (SSSR count). The maximum Gasteiger partial charge on any atom is 0.412 e. The number of fused-ring (bicyclic) bond motifs is 1. The van der Waals surface area contributed by atoms with E-state index < -0.39 is 11.7 Å². The number of anilines is 1. The number of aryl methyl sites for hydroxylation is 1. The lowest BCUT2D eigenvalue weighted by atomic mass is 9.81. The minimum Gasteiger partial charge on any atom is -0.457 e. The molecule has 1 aliphatic rings. The summed E-state index contributed by atoms with van der Waals surface area (Å²) in [6.45, 7) is 7.39. The smallest absolute Gasteiger partial charge is 0.412 e. The summed E-state index contributed by atoms with van der Waals surface area (Å²) < 4.78 is 11.3. The van der Waals surface area contributed by atoms with E-state index in [1.54, 1.807) is 12.1 Å². The van der Waals surface area contributed by atoms with E-state index in [1.165, 1.54) is 11.1 Å². The van der Waals surface area contributed by atoms with E-state index in [2.05, 4.69) is 11.4 Å². The normalized spacial score (nSPS) is 15.9. The van der Waals surface area contributed by atoms with Crippen LogP contribution in [-0.2, 0) is 22.4 Å². The van der Waals surface area contributed by atoms with E-state index in [1.807, 2.05) is 52.0 Å². The average molecular weight is 395 g/mol. The van der Waals surface area contributed by atoms with Crippen molar-refractivity contribution < 1.29 is 19.1 Å². The van der Waals surface area contributed by atoms with E-state index in [0.717, 1.165) is 25.0 Å². The molecule has 0 saturated carbocycles. The molecule has 1 unspecified atom stereocenters. The summed E-state index contributed by atoms with van der Waals surface area (Å²) in [5.74, 6) is 1.80. The van der Waals surface area contributed by atoms with Crippen molar-refractivity contribution >= 4 is 17.6 Å². The Hall–Kier alpha value is -2.82. The number of carbonyl (C=O) groups excluding carboxylic acids is 2. The fourth-order valence-electron chi connectivity index (χ4n) is 3.56. The summed E-state index contributed by atoms with van der Waals surface area (Å²) in [5.41, 5.74) is 2.52. The molecule has 154 valence electrons. The molecule has 1 amide bonds. The molecule has 2 aromatic rings. The summed E-state index contributed by atoms with van der Waals surface area (Å²) in [6, 6.07) is 13.3. The van der Waals surface area contributed by atoms with Gasteiger partial charge in [-0.3, -0.25) is 10.1 Å². The molecule has 0 radical (unpaired) electrons. The molecule has 5 heteroatoms. The van der Waals surface area contributed by atoms with Crippen LogP contribution in [-0.4, -0.2) is 17.5 Å². The lowest BCUT2D eigenvalue weighted by Crippen LogP contribution is -2.27. The zero-order chi connectivity index (χ0) is 21.0. The van der Waals surface area contributed by atoms with Crippen LogP contribution in [0.5, 0.6) is 11.5 Å². The number of ketones is 1. The molecule has 0 saturated heterocycles. The third kappa shape index (κ3) is 5.83. The van der Waals surface area contributed by atoms with E-state index in [-0.39, 0.29) is 5.92 Å². The van der Waals surface area contributed by atoms with Gasteiger partial charge in [-0.2, -0.15) is 0 Å². The van der Waals surface area contributed by atoms with Crippen molar-refractivity contribution in [2.75, 3.05) is 5.32 Å². The fourth-order valence-corrected chi connectivity index (χ4v) is 3.56. The second kappa shape index (κ2) is 8.68. The third-order valence-electron chi connectivity index (χ3n) is 4.93. The zero-order valence-electron chi connectivity index (χ0n) is 17.6. The molecule has 0 bridgehead atoms. The summed E-state index contributed by atoms with van der Waals surface area (Å²) >= 11 is 0. The minimum absolute atomic E-state index is 0.115. The third-order valence-corrected chi connectivity index (χ3v) is 4.93. The van der Waals surface area contributed by atoms with Crippen LogP contribution in [0.25, 0.3) is 0 Å². The quantitative estimate of drug-likeness (QED) is 0.683.